The average Bonchev–Trinajstić information content (AvgIpc) is 2.47. The van der Waals surface area contributed by atoms with Crippen molar-refractivity contribution in [2.24, 2.45) is 0 Å². The molecule has 1 fully saturated rings. The van der Waals surface area contributed by atoms with E-state index in [2.05, 4.69) is 12.2 Å². The Morgan fingerprint density at radius 3 is 2.95 bits per heavy atom. The molecule has 0 radical (unpaired) electrons. The number of aryl methyl sites for hydroxylation is 1. The molecule has 2 aliphatic heterocycles. The van der Waals surface area contributed by atoms with Crippen molar-refractivity contribution in [1.82, 2.24) is 4.90 Å². The number of nitrogens with zero attached hydrogens (tertiary/aromatic N) is 1. The number of morpholine rings is 1. The normalized spacial score (nSPS) is 22.6. The molecule has 0 bridgehead atoms. The summed E-state index contributed by atoms with van der Waals surface area (Å²) in [5, 5.41) is 3.46. The maximum absolute atomic E-state index is 12.4. The van der Waals surface area contributed by atoms with E-state index in [0.29, 0.717) is 32.3 Å². The molecule has 2 heterocycles. The minimum Gasteiger partial charge on any atom is -0.382 e. The van der Waals surface area contributed by atoms with Crippen LogP contribution >= 0.6 is 0 Å². The second-order valence-corrected chi connectivity index (χ2v) is 5.36. The first kappa shape index (κ1) is 12.5. The third kappa shape index (κ3) is 2.59. The van der Waals surface area contributed by atoms with Gasteiger partial charge >= 0.3 is 0 Å². The summed E-state index contributed by atoms with van der Waals surface area (Å²) in [4.78, 5) is 14.3. The van der Waals surface area contributed by atoms with Gasteiger partial charge in [0.05, 0.1) is 13.2 Å². The molecule has 102 valence electrons. The third-order valence-electron chi connectivity index (χ3n) is 3.90. The van der Waals surface area contributed by atoms with E-state index in [-0.39, 0.29) is 5.91 Å². The lowest BCUT2D eigenvalue weighted by Crippen LogP contribution is -2.40. The van der Waals surface area contributed by atoms with E-state index >= 15 is 0 Å². The molecule has 3 rings (SSSR count). The number of nitrogens with one attached hydrogen (secondary N) is 1. The Morgan fingerprint density at radius 1 is 1.37 bits per heavy atom. The summed E-state index contributed by atoms with van der Waals surface area (Å²) in [6.07, 6.45) is 2.18. The van der Waals surface area contributed by atoms with Crippen LogP contribution in [0.5, 0.6) is 0 Å². The van der Waals surface area contributed by atoms with Crippen LogP contribution in [-0.2, 0) is 11.2 Å². The average molecular weight is 260 g/mol. The number of carbonyl (C=O) groups is 1. The Bertz CT molecular complexity index is 481. The molecule has 4 heteroatoms. The Balaban J connectivity index is 1.79. The van der Waals surface area contributed by atoms with Gasteiger partial charge in [0.15, 0.2) is 0 Å². The molecule has 0 spiro atoms. The molecule has 19 heavy (non-hydrogen) atoms. The fourth-order valence-electron chi connectivity index (χ4n) is 2.73. The van der Waals surface area contributed by atoms with Crippen LogP contribution in [0.25, 0.3) is 0 Å². The van der Waals surface area contributed by atoms with E-state index in [4.69, 9.17) is 4.74 Å². The van der Waals surface area contributed by atoms with E-state index in [1.807, 2.05) is 23.1 Å². The molecule has 1 atom stereocenters. The molecular formula is C15H20N2O2. The quantitative estimate of drug-likeness (QED) is 0.838. The molecule has 0 aliphatic carbocycles. The highest BCUT2D eigenvalue weighted by molar-refractivity contribution is 5.95. The highest BCUT2D eigenvalue weighted by atomic mass is 16.5. The van der Waals surface area contributed by atoms with Gasteiger partial charge in [0, 0.05) is 30.4 Å². The monoisotopic (exact) mass is 260 g/mol. The van der Waals surface area contributed by atoms with E-state index in [9.17, 15) is 4.79 Å². The van der Waals surface area contributed by atoms with Gasteiger partial charge in [-0.2, -0.15) is 0 Å². The number of benzene rings is 1. The fourth-order valence-corrected chi connectivity index (χ4v) is 2.73. The van der Waals surface area contributed by atoms with Crippen LogP contribution in [0.15, 0.2) is 18.2 Å². The minimum absolute atomic E-state index is 0.129. The molecule has 1 unspecified atom stereocenters. The molecular weight excluding hydrogens is 240 g/mol. The number of anilines is 1. The maximum Gasteiger partial charge on any atom is 0.254 e. The highest BCUT2D eigenvalue weighted by Crippen LogP contribution is 2.26. The zero-order chi connectivity index (χ0) is 13.2. The molecule has 1 aromatic carbocycles. The van der Waals surface area contributed by atoms with Gasteiger partial charge in [0.25, 0.3) is 5.91 Å². The number of amides is 1. The zero-order valence-corrected chi connectivity index (χ0v) is 11.3. The van der Waals surface area contributed by atoms with Gasteiger partial charge in [-0.15, -0.1) is 0 Å². The Labute approximate surface area is 113 Å². The van der Waals surface area contributed by atoms with Gasteiger partial charge in [-0.25, -0.2) is 0 Å². The molecule has 4 nitrogen and oxygen atoms in total. The Kier molecular flexibility index (Phi) is 3.42. The number of carbonyl (C=O) groups excluding carboxylic acids is 1. The number of hydrogen-bond acceptors (Lipinski definition) is 3. The van der Waals surface area contributed by atoms with Crippen molar-refractivity contribution in [3.63, 3.8) is 0 Å². The zero-order valence-electron chi connectivity index (χ0n) is 11.3. The van der Waals surface area contributed by atoms with Crippen molar-refractivity contribution in [2.45, 2.75) is 25.8 Å². The summed E-state index contributed by atoms with van der Waals surface area (Å²) in [6, 6.07) is 6.54. The first-order valence-corrected chi connectivity index (χ1v) is 7.00. The van der Waals surface area contributed by atoms with E-state index in [0.717, 1.165) is 18.4 Å². The molecule has 0 saturated carbocycles. The topological polar surface area (TPSA) is 41.6 Å². The molecule has 1 amide bonds. The Hall–Kier alpha value is -1.55. The first-order chi connectivity index (χ1) is 9.24. The largest absolute Gasteiger partial charge is 0.382 e. The van der Waals surface area contributed by atoms with Crippen molar-refractivity contribution in [3.05, 3.63) is 29.3 Å². The summed E-state index contributed by atoms with van der Waals surface area (Å²) in [5.74, 6) is 0.129. The van der Waals surface area contributed by atoms with Gasteiger partial charge in [-0.3, -0.25) is 4.79 Å². The number of ether oxygens (including phenoxy) is 1. The van der Waals surface area contributed by atoms with Gasteiger partial charge in [-0.05, 0) is 43.5 Å². The molecule has 2 aliphatic rings. The molecule has 1 aromatic rings. The number of fused-ring (bicyclic) bond motifs is 1. The van der Waals surface area contributed by atoms with Crippen molar-refractivity contribution in [3.8, 4) is 0 Å². The standard InChI is InChI=1S/C15H20N2O2/c1-11-2-3-12-10-13(4-5-14(12)16-11)15(18)17-6-8-19-9-7-17/h4-5,10-11,16H,2-3,6-9H2,1H3. The maximum atomic E-state index is 12.4. The summed E-state index contributed by atoms with van der Waals surface area (Å²) in [7, 11) is 0. The summed E-state index contributed by atoms with van der Waals surface area (Å²) in [6.45, 7) is 4.89. The summed E-state index contributed by atoms with van der Waals surface area (Å²) >= 11 is 0. The smallest absolute Gasteiger partial charge is 0.254 e. The molecule has 1 saturated heterocycles. The van der Waals surface area contributed by atoms with E-state index in [1.54, 1.807) is 0 Å². The van der Waals surface area contributed by atoms with Gasteiger partial charge in [-0.1, -0.05) is 0 Å². The van der Waals surface area contributed by atoms with E-state index in [1.165, 1.54) is 11.3 Å². The first-order valence-electron chi connectivity index (χ1n) is 7.00. The Morgan fingerprint density at radius 2 is 2.16 bits per heavy atom. The van der Waals surface area contributed by atoms with Crippen molar-refractivity contribution in [2.75, 3.05) is 31.6 Å². The predicted molar refractivity (Wildman–Crippen MR) is 74.6 cm³/mol. The van der Waals surface area contributed by atoms with Crippen LogP contribution in [0.1, 0.15) is 29.3 Å². The van der Waals surface area contributed by atoms with Gasteiger partial charge in [0.2, 0.25) is 0 Å². The van der Waals surface area contributed by atoms with Crippen molar-refractivity contribution in [1.29, 1.82) is 0 Å². The minimum atomic E-state index is 0.129. The predicted octanol–water partition coefficient (Wildman–Crippen LogP) is 1.91. The van der Waals surface area contributed by atoms with E-state index < -0.39 is 0 Å². The highest BCUT2D eigenvalue weighted by Gasteiger charge is 2.21. The van der Waals surface area contributed by atoms with Crippen LogP contribution in [0.3, 0.4) is 0 Å². The summed E-state index contributed by atoms with van der Waals surface area (Å²) in [5.41, 5.74) is 3.24. The molecule has 1 N–H and O–H groups in total. The second-order valence-electron chi connectivity index (χ2n) is 5.36. The summed E-state index contributed by atoms with van der Waals surface area (Å²) < 4.78 is 5.28. The van der Waals surface area contributed by atoms with Crippen LogP contribution in [-0.4, -0.2) is 43.2 Å². The lowest BCUT2D eigenvalue weighted by molar-refractivity contribution is 0.0303. The van der Waals surface area contributed by atoms with Crippen molar-refractivity contribution >= 4 is 11.6 Å². The lowest BCUT2D eigenvalue weighted by Gasteiger charge is -2.28. The van der Waals surface area contributed by atoms with Gasteiger partial charge in [0.1, 0.15) is 0 Å². The number of hydrogen-bond donors (Lipinski definition) is 1. The van der Waals surface area contributed by atoms with Crippen LogP contribution in [0, 0.1) is 0 Å². The number of rotatable bonds is 1. The van der Waals surface area contributed by atoms with Gasteiger partial charge < -0.3 is 15.0 Å². The van der Waals surface area contributed by atoms with Crippen molar-refractivity contribution < 1.29 is 9.53 Å². The van der Waals surface area contributed by atoms with Crippen LogP contribution in [0.4, 0.5) is 5.69 Å². The molecule has 0 aromatic heterocycles. The SMILES string of the molecule is CC1CCc2cc(C(=O)N3CCOCC3)ccc2N1. The van der Waals surface area contributed by atoms with Crippen LogP contribution in [0.2, 0.25) is 0 Å². The fraction of sp³-hybridized carbons (Fsp3) is 0.533. The van der Waals surface area contributed by atoms with Crippen LogP contribution < -0.4 is 5.32 Å². The lowest BCUT2D eigenvalue weighted by atomic mass is 9.97. The second kappa shape index (κ2) is 5.21. The third-order valence-corrected chi connectivity index (χ3v) is 3.90.